The number of hydrogen-bond acceptors (Lipinski definition) is 2. The highest BCUT2D eigenvalue weighted by Gasteiger charge is 2.19. The van der Waals surface area contributed by atoms with Crippen LogP contribution in [0.25, 0.3) is 6.08 Å². The van der Waals surface area contributed by atoms with Crippen LogP contribution in [0.15, 0.2) is 28.6 Å². The Morgan fingerprint density at radius 2 is 2.05 bits per heavy atom. The molecule has 1 heterocycles. The first-order valence-corrected chi connectivity index (χ1v) is 7.52. The number of hydrogen-bond donors (Lipinski definition) is 1. The minimum atomic E-state index is 0.171. The van der Waals surface area contributed by atoms with Gasteiger partial charge in [-0.1, -0.05) is 30.9 Å². The van der Waals surface area contributed by atoms with Gasteiger partial charge < -0.3 is 9.73 Å². The summed E-state index contributed by atoms with van der Waals surface area (Å²) in [5.74, 6) is 0.749. The van der Waals surface area contributed by atoms with Crippen LogP contribution in [-0.4, -0.2) is 12.1 Å². The van der Waals surface area contributed by atoms with Gasteiger partial charge in [-0.15, -0.1) is 0 Å². The Bertz CT molecular complexity index is 391. The molecule has 19 heavy (non-hydrogen) atoms. The van der Waals surface area contributed by atoms with Crippen molar-refractivity contribution in [1.82, 2.24) is 5.32 Å². The lowest BCUT2D eigenvalue weighted by molar-refractivity contribution is 0.378. The summed E-state index contributed by atoms with van der Waals surface area (Å²) in [6.45, 7) is 7.66. The van der Waals surface area contributed by atoms with Gasteiger partial charge in [-0.2, -0.15) is 0 Å². The smallest absolute Gasteiger partial charge is 0.0974 e. The first kappa shape index (κ1) is 14.4. The maximum Gasteiger partial charge on any atom is 0.0974 e. The van der Waals surface area contributed by atoms with Gasteiger partial charge in [0.25, 0.3) is 0 Å². The van der Waals surface area contributed by atoms with Gasteiger partial charge in [-0.3, -0.25) is 0 Å². The molecule has 0 bridgehead atoms. The molecule has 1 aromatic heterocycles. The second-order valence-corrected chi connectivity index (χ2v) is 6.71. The highest BCUT2D eigenvalue weighted by molar-refractivity contribution is 5.52. The molecule has 2 heteroatoms. The monoisotopic (exact) mass is 261 g/mol. The van der Waals surface area contributed by atoms with Crippen molar-refractivity contribution in [2.75, 3.05) is 6.54 Å². The third kappa shape index (κ3) is 4.87. The highest BCUT2D eigenvalue weighted by atomic mass is 16.3. The lowest BCUT2D eigenvalue weighted by Gasteiger charge is -2.28. The zero-order chi connectivity index (χ0) is 13.7. The van der Waals surface area contributed by atoms with E-state index in [1.54, 1.807) is 6.26 Å². The largest absolute Gasteiger partial charge is 0.472 e. The lowest BCUT2D eigenvalue weighted by atomic mass is 9.83. The predicted molar refractivity (Wildman–Crippen MR) is 81.0 cm³/mol. The Morgan fingerprint density at radius 3 is 2.63 bits per heavy atom. The van der Waals surface area contributed by atoms with Crippen molar-refractivity contribution in [3.05, 3.63) is 29.7 Å². The van der Waals surface area contributed by atoms with Crippen LogP contribution >= 0.6 is 0 Å². The Morgan fingerprint density at radius 1 is 1.32 bits per heavy atom. The second-order valence-electron chi connectivity index (χ2n) is 6.71. The van der Waals surface area contributed by atoms with Crippen molar-refractivity contribution in [3.8, 4) is 0 Å². The molecule has 0 amide bonds. The molecular formula is C17H27NO. The molecule has 0 unspecified atom stereocenters. The number of furan rings is 1. The molecule has 1 saturated carbocycles. The van der Waals surface area contributed by atoms with E-state index in [4.69, 9.17) is 4.42 Å². The van der Waals surface area contributed by atoms with Gasteiger partial charge in [0.15, 0.2) is 0 Å². The summed E-state index contributed by atoms with van der Waals surface area (Å²) < 4.78 is 5.18. The Hall–Kier alpha value is -1.02. The summed E-state index contributed by atoms with van der Waals surface area (Å²) in [6.07, 6.45) is 12.7. The molecule has 0 atom stereocenters. The van der Waals surface area contributed by atoms with Gasteiger partial charge in [-0.05, 0) is 45.6 Å². The van der Waals surface area contributed by atoms with Crippen molar-refractivity contribution in [2.45, 2.75) is 58.4 Å². The van der Waals surface area contributed by atoms with Crippen LogP contribution < -0.4 is 5.32 Å². The molecule has 1 aliphatic carbocycles. The Balaban J connectivity index is 2.08. The topological polar surface area (TPSA) is 25.2 Å². The molecule has 0 aromatic carbocycles. The molecular weight excluding hydrogens is 234 g/mol. The summed E-state index contributed by atoms with van der Waals surface area (Å²) in [6, 6.07) is 2.04. The molecule has 1 aliphatic rings. The predicted octanol–water partition coefficient (Wildman–Crippen LogP) is 4.63. The van der Waals surface area contributed by atoms with Crippen molar-refractivity contribution in [1.29, 1.82) is 0 Å². The van der Waals surface area contributed by atoms with Crippen LogP contribution in [0.5, 0.6) is 0 Å². The van der Waals surface area contributed by atoms with Crippen molar-refractivity contribution < 1.29 is 4.42 Å². The Labute approximate surface area is 117 Å². The third-order valence-corrected chi connectivity index (χ3v) is 3.85. The van der Waals surface area contributed by atoms with Gasteiger partial charge in [-0.25, -0.2) is 0 Å². The van der Waals surface area contributed by atoms with Crippen LogP contribution in [-0.2, 0) is 0 Å². The van der Waals surface area contributed by atoms with E-state index in [0.29, 0.717) is 0 Å². The lowest BCUT2D eigenvalue weighted by Crippen LogP contribution is -2.38. The third-order valence-electron chi connectivity index (χ3n) is 3.85. The summed E-state index contributed by atoms with van der Waals surface area (Å²) >= 11 is 0. The first-order chi connectivity index (χ1) is 9.04. The Kier molecular flexibility index (Phi) is 4.87. The van der Waals surface area contributed by atoms with Crippen LogP contribution in [0.1, 0.15) is 58.4 Å². The van der Waals surface area contributed by atoms with Gasteiger partial charge in [0.05, 0.1) is 12.5 Å². The van der Waals surface area contributed by atoms with Crippen LogP contribution in [0, 0.1) is 5.92 Å². The van der Waals surface area contributed by atoms with E-state index in [-0.39, 0.29) is 5.54 Å². The van der Waals surface area contributed by atoms with E-state index in [0.717, 1.165) is 12.5 Å². The van der Waals surface area contributed by atoms with E-state index in [1.165, 1.54) is 43.2 Å². The van der Waals surface area contributed by atoms with Gasteiger partial charge >= 0.3 is 0 Å². The molecule has 1 aromatic rings. The van der Waals surface area contributed by atoms with Crippen LogP contribution in [0.3, 0.4) is 0 Å². The normalized spacial score (nSPS) is 18.8. The van der Waals surface area contributed by atoms with Gasteiger partial charge in [0.1, 0.15) is 0 Å². The molecule has 0 aliphatic heterocycles. The van der Waals surface area contributed by atoms with Gasteiger partial charge in [0.2, 0.25) is 0 Å². The van der Waals surface area contributed by atoms with Crippen molar-refractivity contribution in [2.24, 2.45) is 5.92 Å². The van der Waals surface area contributed by atoms with Gasteiger partial charge in [0, 0.05) is 17.6 Å². The van der Waals surface area contributed by atoms with E-state index in [1.807, 2.05) is 12.3 Å². The molecule has 1 fully saturated rings. The standard InChI is InChI=1S/C17H27NO/c1-17(2,3)18-12-16(11-14-9-10-19-13-14)15-7-5-4-6-8-15/h9-11,13,15,18H,4-8,12H2,1-3H3. The van der Waals surface area contributed by atoms with Crippen LogP contribution in [0.4, 0.5) is 0 Å². The molecule has 1 N–H and O–H groups in total. The van der Waals surface area contributed by atoms with Crippen molar-refractivity contribution in [3.63, 3.8) is 0 Å². The number of rotatable bonds is 4. The SMILES string of the molecule is CC(C)(C)NCC(=Cc1ccoc1)C1CCCCC1. The van der Waals surface area contributed by atoms with E-state index in [9.17, 15) is 0 Å². The fraction of sp³-hybridized carbons (Fsp3) is 0.647. The van der Waals surface area contributed by atoms with E-state index < -0.39 is 0 Å². The highest BCUT2D eigenvalue weighted by Crippen LogP contribution is 2.30. The molecule has 0 radical (unpaired) electrons. The maximum atomic E-state index is 5.18. The summed E-state index contributed by atoms with van der Waals surface area (Å²) in [5, 5.41) is 3.63. The molecule has 106 valence electrons. The fourth-order valence-corrected chi connectivity index (χ4v) is 2.73. The first-order valence-electron chi connectivity index (χ1n) is 7.52. The average Bonchev–Trinajstić information content (AvgIpc) is 2.87. The summed E-state index contributed by atoms with van der Waals surface area (Å²) in [5.41, 5.74) is 2.90. The molecule has 0 spiro atoms. The minimum Gasteiger partial charge on any atom is -0.472 e. The maximum absolute atomic E-state index is 5.18. The van der Waals surface area contributed by atoms with Crippen molar-refractivity contribution >= 4 is 6.08 Å². The molecule has 2 nitrogen and oxygen atoms in total. The molecule has 0 saturated heterocycles. The quantitative estimate of drug-likeness (QED) is 0.854. The zero-order valence-electron chi connectivity index (χ0n) is 12.5. The second kappa shape index (κ2) is 6.42. The fourth-order valence-electron chi connectivity index (χ4n) is 2.73. The summed E-state index contributed by atoms with van der Waals surface area (Å²) in [7, 11) is 0. The number of nitrogens with one attached hydrogen (secondary N) is 1. The van der Waals surface area contributed by atoms with Crippen LogP contribution in [0.2, 0.25) is 0 Å². The zero-order valence-corrected chi connectivity index (χ0v) is 12.5. The van der Waals surface area contributed by atoms with E-state index >= 15 is 0 Å². The summed E-state index contributed by atoms with van der Waals surface area (Å²) in [4.78, 5) is 0. The average molecular weight is 261 g/mol. The van der Waals surface area contributed by atoms with E-state index in [2.05, 4.69) is 32.2 Å². The molecule has 2 rings (SSSR count). The minimum absolute atomic E-state index is 0.171.